The van der Waals surface area contributed by atoms with E-state index in [1.54, 1.807) is 24.3 Å². The lowest BCUT2D eigenvalue weighted by Crippen LogP contribution is -2.43. The van der Waals surface area contributed by atoms with Gasteiger partial charge in [0.05, 0.1) is 19.3 Å². The Morgan fingerprint density at radius 3 is 1.97 bits per heavy atom. The van der Waals surface area contributed by atoms with Crippen LogP contribution in [0.4, 0.5) is 0 Å². The maximum Gasteiger partial charge on any atom is 0.337 e. The van der Waals surface area contributed by atoms with Crippen molar-refractivity contribution in [3.63, 3.8) is 0 Å². The van der Waals surface area contributed by atoms with Gasteiger partial charge in [-0.05, 0) is 66.1 Å². The first-order valence-electron chi connectivity index (χ1n) is 12.5. The average molecular weight is 499 g/mol. The van der Waals surface area contributed by atoms with Crippen LogP contribution in [0.15, 0.2) is 77.2 Å². The Labute approximate surface area is 216 Å². The zero-order valence-electron chi connectivity index (χ0n) is 20.9. The second-order valence-electron chi connectivity index (χ2n) is 8.88. The van der Waals surface area contributed by atoms with Gasteiger partial charge < -0.3 is 24.1 Å². The predicted octanol–water partition coefficient (Wildman–Crippen LogP) is 4.53. The minimum atomic E-state index is -0.388. The molecule has 8 nitrogen and oxygen atoms in total. The third-order valence-electron chi connectivity index (χ3n) is 6.39. The van der Waals surface area contributed by atoms with Gasteiger partial charge in [-0.2, -0.15) is 0 Å². The molecular weight excluding hydrogens is 468 g/mol. The maximum atomic E-state index is 11.6. The molecule has 0 bridgehead atoms. The van der Waals surface area contributed by atoms with Gasteiger partial charge in [-0.15, -0.1) is 10.2 Å². The van der Waals surface area contributed by atoms with Crippen LogP contribution in [-0.4, -0.2) is 67.5 Å². The average Bonchev–Trinajstić information content (AvgIpc) is 3.46. The minimum Gasteiger partial charge on any atom is -0.494 e. The molecule has 0 unspecified atom stereocenters. The molecule has 0 atom stereocenters. The molecule has 0 aliphatic carbocycles. The molecule has 37 heavy (non-hydrogen) atoms. The van der Waals surface area contributed by atoms with E-state index >= 15 is 0 Å². The molecule has 2 heterocycles. The number of ether oxygens (including phenoxy) is 2. The first kappa shape index (κ1) is 24.7. The Bertz CT molecular complexity index is 1300. The lowest BCUT2D eigenvalue weighted by atomic mass is 10.0. The van der Waals surface area contributed by atoms with Crippen molar-refractivity contribution >= 4 is 5.97 Å². The highest BCUT2D eigenvalue weighted by atomic mass is 16.5. The Morgan fingerprint density at radius 2 is 1.38 bits per heavy atom. The van der Waals surface area contributed by atoms with E-state index in [2.05, 4.69) is 32.5 Å². The van der Waals surface area contributed by atoms with Crippen LogP contribution in [0.5, 0.6) is 5.75 Å². The van der Waals surface area contributed by atoms with Gasteiger partial charge in [0.25, 0.3) is 0 Å². The first-order valence-corrected chi connectivity index (χ1v) is 12.5. The fraction of sp³-hybridized carbons (Fsp3) is 0.276. The number of hydrogen-bond acceptors (Lipinski definition) is 8. The third-order valence-corrected chi connectivity index (χ3v) is 6.39. The van der Waals surface area contributed by atoms with Crippen LogP contribution in [-0.2, 0) is 4.74 Å². The summed E-state index contributed by atoms with van der Waals surface area (Å²) in [6.45, 7) is 6.19. The van der Waals surface area contributed by atoms with Crippen molar-refractivity contribution in [2.45, 2.75) is 6.42 Å². The molecule has 8 heteroatoms. The highest BCUT2D eigenvalue weighted by Crippen LogP contribution is 2.28. The number of methoxy groups -OCH3 is 1. The molecule has 1 aromatic heterocycles. The molecule has 1 N–H and O–H groups in total. The lowest BCUT2D eigenvalue weighted by molar-refractivity contribution is 0.0600. The van der Waals surface area contributed by atoms with Gasteiger partial charge in [-0.25, -0.2) is 4.79 Å². The smallest absolute Gasteiger partial charge is 0.337 e. The number of hydrogen-bond donors (Lipinski definition) is 1. The van der Waals surface area contributed by atoms with E-state index in [4.69, 9.17) is 13.9 Å². The van der Waals surface area contributed by atoms with E-state index in [0.29, 0.717) is 17.3 Å². The second-order valence-corrected chi connectivity index (χ2v) is 8.88. The fourth-order valence-corrected chi connectivity index (χ4v) is 4.29. The van der Waals surface area contributed by atoms with Gasteiger partial charge >= 0.3 is 5.97 Å². The number of carbonyl (C=O) groups is 1. The summed E-state index contributed by atoms with van der Waals surface area (Å²) in [5, 5.41) is 11.7. The number of rotatable bonds is 9. The summed E-state index contributed by atoms with van der Waals surface area (Å²) >= 11 is 0. The van der Waals surface area contributed by atoms with E-state index in [0.717, 1.165) is 73.8 Å². The van der Waals surface area contributed by atoms with E-state index in [-0.39, 0.29) is 5.97 Å². The molecule has 1 aliphatic heterocycles. The van der Waals surface area contributed by atoms with Crippen LogP contribution in [0.25, 0.3) is 34.0 Å². The molecule has 0 spiro atoms. The molecule has 190 valence electrons. The number of nitrogens with zero attached hydrogens (tertiary/aromatic N) is 3. The van der Waals surface area contributed by atoms with Crippen LogP contribution in [0, 0.1) is 0 Å². The molecule has 0 radical (unpaired) electrons. The van der Waals surface area contributed by atoms with Crippen molar-refractivity contribution in [2.24, 2.45) is 0 Å². The minimum absolute atomic E-state index is 0.388. The number of esters is 1. The molecule has 0 saturated carbocycles. The summed E-state index contributed by atoms with van der Waals surface area (Å²) in [4.78, 5) is 14.1. The number of piperazine rings is 1. The monoisotopic (exact) mass is 498 g/mol. The summed E-state index contributed by atoms with van der Waals surface area (Å²) in [5.41, 5.74) is 4.23. The van der Waals surface area contributed by atoms with Crippen LogP contribution in [0.1, 0.15) is 16.8 Å². The normalized spacial score (nSPS) is 13.9. The predicted molar refractivity (Wildman–Crippen MR) is 141 cm³/mol. The highest BCUT2D eigenvalue weighted by molar-refractivity contribution is 5.89. The number of benzene rings is 3. The number of carbonyl (C=O) groups excluding carboxylic acids is 1. The molecule has 4 aromatic rings. The Balaban J connectivity index is 1.16. The zero-order valence-corrected chi connectivity index (χ0v) is 20.9. The van der Waals surface area contributed by atoms with Crippen LogP contribution in [0.2, 0.25) is 0 Å². The van der Waals surface area contributed by atoms with Crippen molar-refractivity contribution in [1.29, 1.82) is 0 Å². The van der Waals surface area contributed by atoms with Crippen molar-refractivity contribution in [3.8, 4) is 39.8 Å². The van der Waals surface area contributed by atoms with Gasteiger partial charge in [-0.1, -0.05) is 24.3 Å². The fourth-order valence-electron chi connectivity index (χ4n) is 4.29. The van der Waals surface area contributed by atoms with Crippen molar-refractivity contribution in [3.05, 3.63) is 78.4 Å². The Kier molecular flexibility index (Phi) is 7.88. The van der Waals surface area contributed by atoms with Crippen molar-refractivity contribution in [2.75, 3.05) is 46.4 Å². The summed E-state index contributed by atoms with van der Waals surface area (Å²) in [6.07, 6.45) is 1.03. The first-order chi connectivity index (χ1) is 18.2. The Morgan fingerprint density at radius 1 is 0.838 bits per heavy atom. The zero-order chi connectivity index (χ0) is 25.5. The third kappa shape index (κ3) is 6.22. The van der Waals surface area contributed by atoms with Gasteiger partial charge in [0.15, 0.2) is 0 Å². The summed E-state index contributed by atoms with van der Waals surface area (Å²) in [7, 11) is 1.35. The topological polar surface area (TPSA) is 89.7 Å². The molecule has 0 amide bonds. The second kappa shape index (κ2) is 11.8. The van der Waals surface area contributed by atoms with Gasteiger partial charge in [0.1, 0.15) is 5.75 Å². The molecule has 3 aromatic carbocycles. The Hall–Kier alpha value is -4.01. The summed E-state index contributed by atoms with van der Waals surface area (Å²) in [6, 6.07) is 23.0. The summed E-state index contributed by atoms with van der Waals surface area (Å²) in [5.74, 6) is 1.32. The molecular formula is C29H30N4O4. The molecule has 1 aliphatic rings. The van der Waals surface area contributed by atoms with Gasteiger partial charge in [-0.3, -0.25) is 0 Å². The SMILES string of the molecule is COC(=O)c1ccc(-c2nnc(-c3ccc(-c4ccc(OCCCN5CCNCC5)cc4)cc3)o2)cc1. The molecule has 5 rings (SSSR count). The molecule has 1 fully saturated rings. The van der Waals surface area contributed by atoms with Crippen molar-refractivity contribution in [1.82, 2.24) is 20.4 Å². The van der Waals surface area contributed by atoms with Crippen LogP contribution >= 0.6 is 0 Å². The van der Waals surface area contributed by atoms with Crippen molar-refractivity contribution < 1.29 is 18.7 Å². The number of nitrogens with one attached hydrogen (secondary N) is 1. The van der Waals surface area contributed by atoms with Gasteiger partial charge in [0.2, 0.25) is 11.8 Å². The van der Waals surface area contributed by atoms with E-state index < -0.39 is 0 Å². The maximum absolute atomic E-state index is 11.6. The highest BCUT2D eigenvalue weighted by Gasteiger charge is 2.13. The summed E-state index contributed by atoms with van der Waals surface area (Å²) < 4.78 is 16.5. The quantitative estimate of drug-likeness (QED) is 0.266. The van der Waals surface area contributed by atoms with Crippen LogP contribution < -0.4 is 10.1 Å². The number of aromatic nitrogens is 2. The standard InChI is InChI=1S/C29H30N4O4/c1-35-29(34)25-9-7-24(8-10-25)28-32-31-27(37-28)23-5-3-21(4-6-23)22-11-13-26(14-12-22)36-20-2-17-33-18-15-30-16-19-33/h3-14,30H,2,15-20H2,1H3. The lowest BCUT2D eigenvalue weighted by Gasteiger charge is -2.26. The molecule has 1 saturated heterocycles. The van der Waals surface area contributed by atoms with E-state index in [1.165, 1.54) is 7.11 Å². The van der Waals surface area contributed by atoms with Gasteiger partial charge in [0, 0.05) is 43.9 Å². The van der Waals surface area contributed by atoms with E-state index in [9.17, 15) is 4.79 Å². The van der Waals surface area contributed by atoms with Crippen LogP contribution in [0.3, 0.4) is 0 Å². The largest absolute Gasteiger partial charge is 0.494 e. The van der Waals surface area contributed by atoms with E-state index in [1.807, 2.05) is 36.4 Å².